The van der Waals surface area contributed by atoms with Crippen molar-refractivity contribution in [1.82, 2.24) is 5.32 Å². The third-order valence-corrected chi connectivity index (χ3v) is 1.97. The van der Waals surface area contributed by atoms with E-state index in [9.17, 15) is 4.79 Å². The summed E-state index contributed by atoms with van der Waals surface area (Å²) >= 11 is 0. The molecular formula is C12H16N2O. The Morgan fingerprint density at radius 1 is 1.53 bits per heavy atom. The van der Waals surface area contributed by atoms with Crippen molar-refractivity contribution in [2.75, 3.05) is 6.54 Å². The first kappa shape index (κ1) is 11.5. The predicted molar refractivity (Wildman–Crippen MR) is 62.1 cm³/mol. The summed E-state index contributed by atoms with van der Waals surface area (Å²) in [5, 5.41) is 2.69. The maximum absolute atomic E-state index is 10.6. The van der Waals surface area contributed by atoms with Crippen molar-refractivity contribution in [2.45, 2.75) is 13.5 Å². The molecule has 0 saturated heterocycles. The summed E-state index contributed by atoms with van der Waals surface area (Å²) in [4.78, 5) is 10.6. The van der Waals surface area contributed by atoms with Crippen LogP contribution in [-0.4, -0.2) is 12.5 Å². The van der Waals surface area contributed by atoms with E-state index in [-0.39, 0.29) is 5.91 Å². The maximum atomic E-state index is 10.6. The van der Waals surface area contributed by atoms with E-state index in [1.807, 2.05) is 36.4 Å². The normalized spacial score (nSPS) is 10.5. The summed E-state index contributed by atoms with van der Waals surface area (Å²) in [6.45, 7) is 2.61. The van der Waals surface area contributed by atoms with E-state index in [0.29, 0.717) is 13.1 Å². The summed E-state index contributed by atoms with van der Waals surface area (Å²) in [6, 6.07) is 8.00. The van der Waals surface area contributed by atoms with Crippen molar-refractivity contribution >= 4 is 12.0 Å². The Morgan fingerprint density at radius 3 is 3.00 bits per heavy atom. The number of hydrogen-bond acceptors (Lipinski definition) is 2. The second kappa shape index (κ2) is 5.98. The zero-order valence-electron chi connectivity index (χ0n) is 8.86. The van der Waals surface area contributed by atoms with E-state index in [4.69, 9.17) is 5.73 Å². The number of nitrogens with two attached hydrogens (primary N) is 1. The van der Waals surface area contributed by atoms with Crippen LogP contribution in [0.3, 0.4) is 0 Å². The van der Waals surface area contributed by atoms with Gasteiger partial charge in [0.2, 0.25) is 5.91 Å². The van der Waals surface area contributed by atoms with E-state index >= 15 is 0 Å². The Labute approximate surface area is 90.0 Å². The van der Waals surface area contributed by atoms with Crippen molar-refractivity contribution in [3.05, 3.63) is 41.5 Å². The Balaban J connectivity index is 2.52. The van der Waals surface area contributed by atoms with Gasteiger partial charge in [-0.1, -0.05) is 36.4 Å². The van der Waals surface area contributed by atoms with Gasteiger partial charge in [-0.25, -0.2) is 0 Å². The average Bonchev–Trinajstić information content (AvgIpc) is 2.24. The predicted octanol–water partition coefficient (Wildman–Crippen LogP) is 1.29. The molecule has 0 unspecified atom stereocenters. The highest BCUT2D eigenvalue weighted by Crippen LogP contribution is 2.05. The van der Waals surface area contributed by atoms with Gasteiger partial charge in [0, 0.05) is 20.0 Å². The molecule has 1 aromatic rings. The van der Waals surface area contributed by atoms with E-state index in [2.05, 4.69) is 5.32 Å². The zero-order chi connectivity index (χ0) is 11.1. The first-order chi connectivity index (χ1) is 7.22. The largest absolute Gasteiger partial charge is 0.353 e. The lowest BCUT2D eigenvalue weighted by Crippen LogP contribution is -2.19. The fraction of sp³-hybridized carbons (Fsp3) is 0.250. The average molecular weight is 204 g/mol. The van der Waals surface area contributed by atoms with Crippen molar-refractivity contribution in [3.8, 4) is 0 Å². The van der Waals surface area contributed by atoms with Gasteiger partial charge in [-0.3, -0.25) is 4.79 Å². The summed E-state index contributed by atoms with van der Waals surface area (Å²) in [5.41, 5.74) is 7.74. The molecular weight excluding hydrogens is 188 g/mol. The van der Waals surface area contributed by atoms with E-state index in [0.717, 1.165) is 11.1 Å². The van der Waals surface area contributed by atoms with Crippen LogP contribution in [0.2, 0.25) is 0 Å². The van der Waals surface area contributed by atoms with Crippen LogP contribution in [0.15, 0.2) is 30.3 Å². The minimum absolute atomic E-state index is 0.0182. The van der Waals surface area contributed by atoms with Gasteiger partial charge in [-0.2, -0.15) is 0 Å². The summed E-state index contributed by atoms with van der Waals surface area (Å²) in [5.74, 6) is -0.0182. The van der Waals surface area contributed by atoms with Gasteiger partial charge in [0.25, 0.3) is 0 Å². The third kappa shape index (κ3) is 4.42. The molecule has 3 N–H and O–H groups in total. The lowest BCUT2D eigenvalue weighted by molar-refractivity contribution is -0.118. The molecule has 0 heterocycles. The summed E-state index contributed by atoms with van der Waals surface area (Å²) in [6.07, 6.45) is 3.88. The Hall–Kier alpha value is -1.61. The second-order valence-corrected chi connectivity index (χ2v) is 3.29. The van der Waals surface area contributed by atoms with Gasteiger partial charge in [-0.15, -0.1) is 0 Å². The van der Waals surface area contributed by atoms with E-state index in [1.54, 1.807) is 0 Å². The first-order valence-corrected chi connectivity index (χ1v) is 4.92. The van der Waals surface area contributed by atoms with Crippen LogP contribution in [-0.2, 0) is 11.3 Å². The van der Waals surface area contributed by atoms with Crippen LogP contribution < -0.4 is 11.1 Å². The number of hydrogen-bond donors (Lipinski definition) is 2. The third-order valence-electron chi connectivity index (χ3n) is 1.97. The fourth-order valence-electron chi connectivity index (χ4n) is 1.22. The minimum Gasteiger partial charge on any atom is -0.353 e. The van der Waals surface area contributed by atoms with Gasteiger partial charge in [0.05, 0.1) is 0 Å². The standard InChI is InChI=1S/C12H16N2O/c1-10(15)14-7-3-6-11-4-2-5-12(8-11)9-13/h2-6,8H,7,9,13H2,1H3,(H,14,15). The molecule has 0 spiro atoms. The highest BCUT2D eigenvalue weighted by atomic mass is 16.1. The van der Waals surface area contributed by atoms with Gasteiger partial charge < -0.3 is 11.1 Å². The molecule has 0 aliphatic rings. The molecule has 3 heteroatoms. The van der Waals surface area contributed by atoms with Crippen molar-refractivity contribution in [3.63, 3.8) is 0 Å². The van der Waals surface area contributed by atoms with Gasteiger partial charge in [-0.05, 0) is 11.1 Å². The quantitative estimate of drug-likeness (QED) is 0.776. The van der Waals surface area contributed by atoms with Crippen molar-refractivity contribution < 1.29 is 4.79 Å². The lowest BCUT2D eigenvalue weighted by Gasteiger charge is -1.98. The molecule has 3 nitrogen and oxygen atoms in total. The summed E-state index contributed by atoms with van der Waals surface area (Å²) in [7, 11) is 0. The minimum atomic E-state index is -0.0182. The summed E-state index contributed by atoms with van der Waals surface area (Å²) < 4.78 is 0. The number of rotatable bonds is 4. The molecule has 0 bridgehead atoms. The molecule has 0 radical (unpaired) electrons. The number of carbonyl (C=O) groups excluding carboxylic acids is 1. The van der Waals surface area contributed by atoms with Gasteiger partial charge in [0.1, 0.15) is 0 Å². The number of amides is 1. The van der Waals surface area contributed by atoms with Crippen LogP contribution >= 0.6 is 0 Å². The number of benzene rings is 1. The van der Waals surface area contributed by atoms with E-state index in [1.165, 1.54) is 6.92 Å². The molecule has 0 atom stereocenters. The Morgan fingerprint density at radius 2 is 2.33 bits per heavy atom. The fourth-order valence-corrected chi connectivity index (χ4v) is 1.22. The number of nitrogens with one attached hydrogen (secondary N) is 1. The monoisotopic (exact) mass is 204 g/mol. The van der Waals surface area contributed by atoms with Crippen molar-refractivity contribution in [2.24, 2.45) is 5.73 Å². The van der Waals surface area contributed by atoms with Crippen LogP contribution in [0.5, 0.6) is 0 Å². The molecule has 1 aromatic carbocycles. The first-order valence-electron chi connectivity index (χ1n) is 4.92. The van der Waals surface area contributed by atoms with Crippen LogP contribution in [0.4, 0.5) is 0 Å². The van der Waals surface area contributed by atoms with Gasteiger partial charge in [0.15, 0.2) is 0 Å². The Kier molecular flexibility index (Phi) is 4.57. The highest BCUT2D eigenvalue weighted by molar-refractivity contribution is 5.73. The number of carbonyl (C=O) groups is 1. The van der Waals surface area contributed by atoms with Gasteiger partial charge >= 0.3 is 0 Å². The molecule has 0 saturated carbocycles. The zero-order valence-corrected chi connectivity index (χ0v) is 8.86. The molecule has 0 aromatic heterocycles. The molecule has 80 valence electrons. The molecule has 1 rings (SSSR count). The SMILES string of the molecule is CC(=O)NCC=Cc1cccc(CN)c1. The highest BCUT2D eigenvalue weighted by Gasteiger charge is 1.90. The van der Waals surface area contributed by atoms with E-state index < -0.39 is 0 Å². The maximum Gasteiger partial charge on any atom is 0.217 e. The molecule has 0 aliphatic heterocycles. The lowest BCUT2D eigenvalue weighted by atomic mass is 10.1. The Bertz CT molecular complexity index is 358. The molecule has 0 fully saturated rings. The topological polar surface area (TPSA) is 55.1 Å². The second-order valence-electron chi connectivity index (χ2n) is 3.29. The molecule has 1 amide bonds. The smallest absolute Gasteiger partial charge is 0.217 e. The van der Waals surface area contributed by atoms with Crippen LogP contribution in [0.1, 0.15) is 18.1 Å². The van der Waals surface area contributed by atoms with Crippen molar-refractivity contribution in [1.29, 1.82) is 0 Å². The molecule has 0 aliphatic carbocycles. The molecule has 15 heavy (non-hydrogen) atoms. The van der Waals surface area contributed by atoms with Crippen LogP contribution in [0, 0.1) is 0 Å². The van der Waals surface area contributed by atoms with Crippen LogP contribution in [0.25, 0.3) is 6.08 Å².